The third-order valence-corrected chi connectivity index (χ3v) is 3.01. The van der Waals surface area contributed by atoms with Crippen LogP contribution in [0.1, 0.15) is 5.56 Å². The maximum atomic E-state index is 12.2. The first-order valence-corrected chi connectivity index (χ1v) is 5.40. The number of carbonyl (C=O) groups is 1. The average Bonchev–Trinajstić information content (AvgIpc) is 2.15. The quantitative estimate of drug-likeness (QED) is 0.893. The Morgan fingerprint density at radius 2 is 1.75 bits per heavy atom. The second kappa shape index (κ2) is 4.65. The van der Waals surface area contributed by atoms with Crippen molar-refractivity contribution in [2.24, 2.45) is 0 Å². The predicted octanol–water partition coefficient (Wildman–Crippen LogP) is 1.90. The van der Waals surface area contributed by atoms with E-state index in [1.165, 1.54) is 0 Å². The van der Waals surface area contributed by atoms with E-state index in [1.54, 1.807) is 0 Å². The lowest BCUT2D eigenvalue weighted by Gasteiger charge is -2.06. The molecular formula is C9H7F3O3S. The molecule has 3 nitrogen and oxygen atoms in total. The van der Waals surface area contributed by atoms with Crippen LogP contribution in [-0.2, 0) is 21.8 Å². The van der Waals surface area contributed by atoms with Gasteiger partial charge in [-0.2, -0.15) is 13.2 Å². The Hall–Kier alpha value is -1.37. The highest BCUT2D eigenvalue weighted by Crippen LogP contribution is 2.29. The summed E-state index contributed by atoms with van der Waals surface area (Å²) in [6.45, 7) is 0. The van der Waals surface area contributed by atoms with Crippen molar-refractivity contribution in [2.45, 2.75) is 11.1 Å². The molecule has 0 aliphatic rings. The number of hydrogen-bond donors (Lipinski definition) is 1. The minimum Gasteiger partial charge on any atom is -0.481 e. The zero-order valence-corrected chi connectivity index (χ0v) is 8.64. The molecule has 0 bridgehead atoms. The van der Waals surface area contributed by atoms with E-state index in [1.807, 2.05) is 0 Å². The van der Waals surface area contributed by atoms with Gasteiger partial charge in [0.05, 0.1) is 16.4 Å². The largest absolute Gasteiger partial charge is 0.481 e. The zero-order chi connectivity index (χ0) is 12.3. The van der Waals surface area contributed by atoms with E-state index in [9.17, 15) is 22.2 Å². The number of carboxylic acid groups (broad SMARTS) is 1. The van der Waals surface area contributed by atoms with Gasteiger partial charge in [0.1, 0.15) is 5.75 Å². The summed E-state index contributed by atoms with van der Waals surface area (Å²) in [6.07, 6.45) is -4.45. The minimum atomic E-state index is -4.45. The Bertz CT molecular complexity index is 411. The molecule has 0 aliphatic carbocycles. The molecule has 0 heterocycles. The van der Waals surface area contributed by atoms with Gasteiger partial charge in [-0.05, 0) is 24.3 Å². The first-order valence-electron chi connectivity index (χ1n) is 4.08. The van der Waals surface area contributed by atoms with Crippen LogP contribution in [0, 0.1) is 0 Å². The molecule has 7 heteroatoms. The summed E-state index contributed by atoms with van der Waals surface area (Å²) in [5, 5.41) is 8.36. The smallest absolute Gasteiger partial charge is 0.416 e. The maximum absolute atomic E-state index is 12.2. The van der Waals surface area contributed by atoms with Crippen molar-refractivity contribution in [3.05, 3.63) is 29.8 Å². The molecule has 1 aromatic carbocycles. The standard InChI is InChI=1S/C9H7F3O3S/c10-9(11,12)6-1-3-7(4-2-6)16(15)5-8(13)14/h1-4H,5H2,(H,13,14). The van der Waals surface area contributed by atoms with Crippen LogP contribution in [-0.4, -0.2) is 21.0 Å². The summed E-state index contributed by atoms with van der Waals surface area (Å²) in [7, 11) is -1.82. The lowest BCUT2D eigenvalue weighted by atomic mass is 10.2. The molecule has 0 amide bonds. The third-order valence-electron chi connectivity index (χ3n) is 1.70. The molecule has 0 aromatic heterocycles. The Morgan fingerprint density at radius 3 is 2.12 bits per heavy atom. The Balaban J connectivity index is 2.87. The number of rotatable bonds is 3. The van der Waals surface area contributed by atoms with Crippen molar-refractivity contribution in [2.75, 3.05) is 5.75 Å². The Kier molecular flexibility index (Phi) is 3.69. The molecule has 1 aromatic rings. The zero-order valence-electron chi connectivity index (χ0n) is 7.82. The van der Waals surface area contributed by atoms with Gasteiger partial charge in [0.2, 0.25) is 0 Å². The average molecular weight is 252 g/mol. The Labute approximate surface area is 91.4 Å². The molecule has 0 fully saturated rings. The monoisotopic (exact) mass is 252 g/mol. The van der Waals surface area contributed by atoms with E-state index < -0.39 is 34.3 Å². The fourth-order valence-electron chi connectivity index (χ4n) is 0.991. The molecule has 0 aliphatic heterocycles. The number of benzene rings is 1. The van der Waals surface area contributed by atoms with Crippen LogP contribution in [0.5, 0.6) is 0 Å². The minimum absolute atomic E-state index is 0.0652. The van der Waals surface area contributed by atoms with Gasteiger partial charge in [0, 0.05) is 4.90 Å². The number of carboxylic acids is 1. The van der Waals surface area contributed by atoms with Crippen LogP contribution in [0.2, 0.25) is 0 Å². The summed E-state index contributed by atoms with van der Waals surface area (Å²) in [6, 6.07) is 3.58. The first kappa shape index (κ1) is 12.7. The van der Waals surface area contributed by atoms with Crippen LogP contribution in [0.15, 0.2) is 29.2 Å². The molecule has 88 valence electrons. The molecular weight excluding hydrogens is 245 g/mol. The highest BCUT2D eigenvalue weighted by molar-refractivity contribution is 7.85. The summed E-state index contributed by atoms with van der Waals surface area (Å²) in [4.78, 5) is 10.3. The van der Waals surface area contributed by atoms with Gasteiger partial charge in [-0.3, -0.25) is 9.00 Å². The summed E-state index contributed by atoms with van der Waals surface area (Å²) >= 11 is 0. The molecule has 0 saturated heterocycles. The van der Waals surface area contributed by atoms with Gasteiger partial charge in [0.15, 0.2) is 0 Å². The van der Waals surface area contributed by atoms with Gasteiger partial charge in [-0.1, -0.05) is 0 Å². The van der Waals surface area contributed by atoms with Gasteiger partial charge in [0.25, 0.3) is 0 Å². The van der Waals surface area contributed by atoms with Crippen LogP contribution in [0.3, 0.4) is 0 Å². The fraction of sp³-hybridized carbons (Fsp3) is 0.222. The van der Waals surface area contributed by atoms with E-state index in [-0.39, 0.29) is 4.90 Å². The highest BCUT2D eigenvalue weighted by Gasteiger charge is 2.30. The predicted molar refractivity (Wildman–Crippen MR) is 50.4 cm³/mol. The van der Waals surface area contributed by atoms with Crippen molar-refractivity contribution in [1.82, 2.24) is 0 Å². The molecule has 1 atom stereocenters. The summed E-state index contributed by atoms with van der Waals surface area (Å²) in [5.74, 6) is -1.89. The van der Waals surface area contributed by atoms with Crippen LogP contribution >= 0.6 is 0 Å². The second-order valence-electron chi connectivity index (χ2n) is 2.91. The van der Waals surface area contributed by atoms with Gasteiger partial charge >= 0.3 is 12.1 Å². The van der Waals surface area contributed by atoms with Gasteiger partial charge in [-0.15, -0.1) is 0 Å². The maximum Gasteiger partial charge on any atom is 0.416 e. The van der Waals surface area contributed by atoms with Gasteiger partial charge < -0.3 is 5.11 Å². The topological polar surface area (TPSA) is 54.4 Å². The molecule has 1 unspecified atom stereocenters. The molecule has 16 heavy (non-hydrogen) atoms. The lowest BCUT2D eigenvalue weighted by Crippen LogP contribution is -2.10. The van der Waals surface area contributed by atoms with Crippen LogP contribution in [0.4, 0.5) is 13.2 Å². The number of aliphatic carboxylic acids is 1. The molecule has 0 radical (unpaired) electrons. The van der Waals surface area contributed by atoms with E-state index in [0.29, 0.717) is 0 Å². The molecule has 1 N–H and O–H groups in total. The van der Waals surface area contributed by atoms with Crippen LogP contribution in [0.25, 0.3) is 0 Å². The molecule has 0 spiro atoms. The Morgan fingerprint density at radius 1 is 1.25 bits per heavy atom. The number of halogens is 3. The van der Waals surface area contributed by atoms with Crippen molar-refractivity contribution in [3.8, 4) is 0 Å². The van der Waals surface area contributed by atoms with Crippen molar-refractivity contribution >= 4 is 16.8 Å². The first-order chi connectivity index (χ1) is 7.30. The molecule has 1 rings (SSSR count). The highest BCUT2D eigenvalue weighted by atomic mass is 32.2. The summed E-state index contributed by atoms with van der Waals surface area (Å²) < 4.78 is 47.7. The van der Waals surface area contributed by atoms with Crippen molar-refractivity contribution in [1.29, 1.82) is 0 Å². The summed E-state index contributed by atoms with van der Waals surface area (Å²) in [5.41, 5.74) is -0.858. The third kappa shape index (κ3) is 3.34. The fourth-order valence-corrected chi connectivity index (χ4v) is 1.82. The van der Waals surface area contributed by atoms with E-state index in [2.05, 4.69) is 0 Å². The van der Waals surface area contributed by atoms with Crippen molar-refractivity contribution < 1.29 is 27.3 Å². The molecule has 0 saturated carbocycles. The van der Waals surface area contributed by atoms with E-state index in [0.717, 1.165) is 24.3 Å². The van der Waals surface area contributed by atoms with E-state index in [4.69, 9.17) is 5.11 Å². The SMILES string of the molecule is O=C(O)CS(=O)c1ccc(C(F)(F)F)cc1. The van der Waals surface area contributed by atoms with E-state index >= 15 is 0 Å². The normalized spacial score (nSPS) is 13.4. The van der Waals surface area contributed by atoms with Crippen molar-refractivity contribution in [3.63, 3.8) is 0 Å². The van der Waals surface area contributed by atoms with Gasteiger partial charge in [-0.25, -0.2) is 0 Å². The number of hydrogen-bond acceptors (Lipinski definition) is 2. The number of alkyl halides is 3. The van der Waals surface area contributed by atoms with Crippen LogP contribution < -0.4 is 0 Å². The lowest BCUT2D eigenvalue weighted by molar-refractivity contribution is -0.137. The second-order valence-corrected chi connectivity index (χ2v) is 4.36.